The summed E-state index contributed by atoms with van der Waals surface area (Å²) in [6, 6.07) is 19.6. The number of nitrogens with zero attached hydrogens (tertiary/aromatic N) is 2. The molecule has 230 valence electrons. The summed E-state index contributed by atoms with van der Waals surface area (Å²) in [5, 5.41) is 8.01. The molecule has 0 saturated carbocycles. The summed E-state index contributed by atoms with van der Waals surface area (Å²) in [6.07, 6.45) is 0. The minimum atomic E-state index is -1.07. The Bertz CT molecular complexity index is 1720. The summed E-state index contributed by atoms with van der Waals surface area (Å²) in [7, 11) is 3.24. The second-order valence-electron chi connectivity index (χ2n) is 10.3. The smallest absolute Gasteiger partial charge is 0.258 e. The Morgan fingerprint density at radius 1 is 1.07 bits per heavy atom. The zero-order valence-corrected chi connectivity index (χ0v) is 27.4. The molecule has 2 atom stereocenters. The Morgan fingerprint density at radius 3 is 2.48 bits per heavy atom. The Labute approximate surface area is 275 Å². The van der Waals surface area contributed by atoms with Gasteiger partial charge in [0.15, 0.2) is 0 Å². The van der Waals surface area contributed by atoms with Crippen LogP contribution in [0.5, 0.6) is 5.75 Å². The molecule has 1 aliphatic rings. The van der Waals surface area contributed by atoms with E-state index in [0.717, 1.165) is 20.8 Å². The summed E-state index contributed by atoms with van der Waals surface area (Å²) in [5.41, 5.74) is 8.42. The van der Waals surface area contributed by atoms with Crippen LogP contribution >= 0.6 is 39.9 Å². The van der Waals surface area contributed by atoms with Crippen molar-refractivity contribution in [3.8, 4) is 5.75 Å². The normalized spacial score (nSPS) is 15.2. The van der Waals surface area contributed by atoms with E-state index >= 15 is 0 Å². The van der Waals surface area contributed by atoms with Crippen LogP contribution in [0.1, 0.15) is 22.8 Å². The fourth-order valence-electron chi connectivity index (χ4n) is 5.14. The van der Waals surface area contributed by atoms with Crippen LogP contribution in [-0.2, 0) is 16.1 Å². The number of nitrogen functional groups attached to an aromatic ring is 1. The van der Waals surface area contributed by atoms with Crippen molar-refractivity contribution in [3.63, 3.8) is 0 Å². The number of amides is 3. The summed E-state index contributed by atoms with van der Waals surface area (Å²) in [4.78, 5) is 44.6. The van der Waals surface area contributed by atoms with Crippen LogP contribution in [0.4, 0.5) is 17.1 Å². The fourth-order valence-corrected chi connectivity index (χ4v) is 5.68. The first-order chi connectivity index (χ1) is 20.6. The molecule has 1 aliphatic heterocycles. The molecule has 44 heavy (non-hydrogen) atoms. The van der Waals surface area contributed by atoms with Gasteiger partial charge >= 0.3 is 0 Å². The Hall–Kier alpha value is -3.83. The summed E-state index contributed by atoms with van der Waals surface area (Å²) >= 11 is 10.0. The summed E-state index contributed by atoms with van der Waals surface area (Å²) in [6.45, 7) is 1.68. The second kappa shape index (κ2) is 13.9. The third-order valence-corrected chi connectivity index (χ3v) is 8.31. The molecule has 0 fully saturated rings. The molecule has 0 bridgehead atoms. The van der Waals surface area contributed by atoms with E-state index in [2.05, 4.69) is 26.6 Å². The molecule has 4 N–H and O–H groups in total. The van der Waals surface area contributed by atoms with Gasteiger partial charge in [0, 0.05) is 26.3 Å². The van der Waals surface area contributed by atoms with Gasteiger partial charge in [0.1, 0.15) is 11.8 Å². The highest BCUT2D eigenvalue weighted by Gasteiger charge is 2.38. The predicted octanol–water partition coefficient (Wildman–Crippen LogP) is 5.55. The van der Waals surface area contributed by atoms with Crippen molar-refractivity contribution in [2.45, 2.75) is 25.6 Å². The van der Waals surface area contributed by atoms with Gasteiger partial charge in [0.2, 0.25) is 5.91 Å². The highest BCUT2D eigenvalue weighted by atomic mass is 79.9. The Kier molecular flexibility index (Phi) is 10.4. The SMILES string of the molecule is CN[C@@H](C)C(=O)N[C@H]1CN(C(=O)c2ccc(N)cc2)c2cc(Cl)ccc2N(Cc2c(OC)ccc3cc(Br)ccc23)C1=O.Cl. The van der Waals surface area contributed by atoms with Gasteiger partial charge in [-0.2, -0.15) is 0 Å². The van der Waals surface area contributed by atoms with Crippen molar-refractivity contribution in [3.05, 3.63) is 93.4 Å². The van der Waals surface area contributed by atoms with Gasteiger partial charge in [-0.25, -0.2) is 0 Å². The van der Waals surface area contributed by atoms with Crippen LogP contribution in [0, 0.1) is 0 Å². The average Bonchev–Trinajstić information content (AvgIpc) is 3.10. The largest absolute Gasteiger partial charge is 0.496 e. The van der Waals surface area contributed by atoms with Crippen LogP contribution in [0.2, 0.25) is 5.02 Å². The number of hydrogen-bond donors (Lipinski definition) is 3. The fraction of sp³-hybridized carbons (Fsp3) is 0.219. The van der Waals surface area contributed by atoms with E-state index < -0.39 is 12.1 Å². The van der Waals surface area contributed by atoms with Crippen LogP contribution in [0.3, 0.4) is 0 Å². The van der Waals surface area contributed by atoms with Crippen LogP contribution in [-0.4, -0.2) is 50.5 Å². The number of anilines is 3. The highest BCUT2D eigenvalue weighted by Crippen LogP contribution is 2.39. The molecule has 4 aromatic rings. The Morgan fingerprint density at radius 2 is 1.80 bits per heavy atom. The van der Waals surface area contributed by atoms with Crippen LogP contribution < -0.4 is 30.9 Å². The highest BCUT2D eigenvalue weighted by molar-refractivity contribution is 9.10. The summed E-state index contributed by atoms with van der Waals surface area (Å²) in [5.74, 6) is -0.533. The number of likely N-dealkylation sites (N-methyl/N-ethyl adjacent to an activating group) is 1. The lowest BCUT2D eigenvalue weighted by atomic mass is 10.0. The van der Waals surface area contributed by atoms with E-state index in [-0.39, 0.29) is 43.2 Å². The molecule has 5 rings (SSSR count). The van der Waals surface area contributed by atoms with Gasteiger partial charge in [0.25, 0.3) is 11.8 Å². The molecule has 3 amide bonds. The van der Waals surface area contributed by atoms with Gasteiger partial charge in [0.05, 0.1) is 37.6 Å². The van der Waals surface area contributed by atoms with Gasteiger partial charge in [-0.1, -0.05) is 39.7 Å². The predicted molar refractivity (Wildman–Crippen MR) is 181 cm³/mol. The number of fused-ring (bicyclic) bond motifs is 2. The number of carbonyl (C=O) groups excluding carboxylic acids is 3. The number of nitrogens with one attached hydrogen (secondary N) is 2. The first-order valence-corrected chi connectivity index (χ1v) is 14.8. The molecule has 0 radical (unpaired) electrons. The van der Waals surface area contributed by atoms with Crippen molar-refractivity contribution in [2.24, 2.45) is 0 Å². The molecular formula is C32H32BrCl2N5O4. The van der Waals surface area contributed by atoms with E-state index in [9.17, 15) is 14.4 Å². The molecule has 1 heterocycles. The van der Waals surface area contributed by atoms with Gasteiger partial charge in [-0.15, -0.1) is 12.4 Å². The van der Waals surface area contributed by atoms with Crippen LogP contribution in [0.15, 0.2) is 77.3 Å². The van der Waals surface area contributed by atoms with Crippen molar-refractivity contribution >= 4 is 85.5 Å². The minimum Gasteiger partial charge on any atom is -0.496 e. The quantitative estimate of drug-likeness (QED) is 0.218. The van der Waals surface area contributed by atoms with Gasteiger partial charge in [-0.05, 0) is 85.4 Å². The first kappa shape index (κ1) is 33.1. The van der Waals surface area contributed by atoms with Crippen molar-refractivity contribution in [2.75, 3.05) is 36.2 Å². The maximum Gasteiger partial charge on any atom is 0.258 e. The van der Waals surface area contributed by atoms with Crippen molar-refractivity contribution in [1.82, 2.24) is 10.6 Å². The maximum atomic E-state index is 14.4. The molecule has 0 saturated heterocycles. The third-order valence-electron chi connectivity index (χ3n) is 7.58. The monoisotopic (exact) mass is 699 g/mol. The number of nitrogens with two attached hydrogens (primary N) is 1. The van der Waals surface area contributed by atoms with E-state index in [1.165, 1.54) is 4.90 Å². The number of halogens is 3. The third kappa shape index (κ3) is 6.63. The zero-order valence-electron chi connectivity index (χ0n) is 24.3. The molecule has 0 aliphatic carbocycles. The molecular weight excluding hydrogens is 669 g/mol. The lowest BCUT2D eigenvalue weighted by Gasteiger charge is -2.27. The number of rotatable bonds is 7. The molecule has 4 aromatic carbocycles. The molecule has 12 heteroatoms. The molecule has 0 spiro atoms. The topological polar surface area (TPSA) is 117 Å². The number of benzene rings is 4. The van der Waals surface area contributed by atoms with Crippen molar-refractivity contribution < 1.29 is 19.1 Å². The number of hydrogen-bond acceptors (Lipinski definition) is 6. The van der Waals surface area contributed by atoms with E-state index in [1.807, 2.05) is 30.3 Å². The van der Waals surface area contributed by atoms with E-state index in [0.29, 0.717) is 33.4 Å². The molecule has 0 aromatic heterocycles. The number of ether oxygens (including phenoxy) is 1. The first-order valence-electron chi connectivity index (χ1n) is 13.6. The molecule has 9 nitrogen and oxygen atoms in total. The zero-order chi connectivity index (χ0) is 30.8. The second-order valence-corrected chi connectivity index (χ2v) is 11.6. The minimum absolute atomic E-state index is 0. The average molecular weight is 701 g/mol. The van der Waals surface area contributed by atoms with Gasteiger partial charge < -0.3 is 30.9 Å². The number of carbonyl (C=O) groups is 3. The van der Waals surface area contributed by atoms with Crippen molar-refractivity contribution in [1.29, 1.82) is 0 Å². The molecule has 0 unspecified atom stereocenters. The summed E-state index contributed by atoms with van der Waals surface area (Å²) < 4.78 is 6.66. The standard InChI is InChI=1S/C32H31BrClN5O4.ClH/c1-18(36-2)30(40)37-26-17-39(31(41)19-4-9-23(35)10-5-19)28-15-22(34)8-12-27(28)38(32(26)42)16-25-24-11-7-21(33)14-20(24)6-13-29(25)43-3;/h4-15,18,26,36H,16-17,35H2,1-3H3,(H,37,40);1H/t18-,26-;/m0./s1. The lowest BCUT2D eigenvalue weighted by Crippen LogP contribution is -2.55. The maximum absolute atomic E-state index is 14.4. The van der Waals surface area contributed by atoms with Gasteiger partial charge in [-0.3, -0.25) is 14.4 Å². The van der Waals surface area contributed by atoms with E-state index in [4.69, 9.17) is 22.1 Å². The van der Waals surface area contributed by atoms with E-state index in [1.54, 1.807) is 68.4 Å². The lowest BCUT2D eigenvalue weighted by molar-refractivity contribution is -0.128. The Balaban J connectivity index is 0.00000442. The van der Waals surface area contributed by atoms with Crippen LogP contribution in [0.25, 0.3) is 10.8 Å². The number of methoxy groups -OCH3 is 1.